The van der Waals surface area contributed by atoms with Crippen LogP contribution < -0.4 is 4.74 Å². The average Bonchev–Trinajstić information content (AvgIpc) is 2.29. The molecule has 1 atom stereocenters. The molecule has 4 nitrogen and oxygen atoms in total. The predicted molar refractivity (Wildman–Crippen MR) is 62.4 cm³/mol. The van der Waals surface area contributed by atoms with Crippen molar-refractivity contribution in [1.82, 2.24) is 0 Å². The van der Waals surface area contributed by atoms with Gasteiger partial charge >= 0.3 is 5.97 Å². The maximum Gasteiger partial charge on any atom is 0.335 e. The fourth-order valence-corrected chi connectivity index (χ4v) is 1.67. The van der Waals surface area contributed by atoms with Gasteiger partial charge in [0, 0.05) is 16.6 Å². The molecule has 0 aliphatic carbocycles. The van der Waals surface area contributed by atoms with Crippen LogP contribution in [0, 0.1) is 0 Å². The summed E-state index contributed by atoms with van der Waals surface area (Å²) in [5.41, 5.74) is 0.189. The Morgan fingerprint density at radius 3 is 2.88 bits per heavy atom. The van der Waals surface area contributed by atoms with Crippen LogP contribution in [-0.2, 0) is 10.8 Å². The number of carboxylic acids is 1. The van der Waals surface area contributed by atoms with Gasteiger partial charge in [0.15, 0.2) is 0 Å². The van der Waals surface area contributed by atoms with Crippen LogP contribution in [0.1, 0.15) is 17.3 Å². The maximum absolute atomic E-state index is 11.1. The zero-order valence-electron chi connectivity index (χ0n) is 9.01. The lowest BCUT2D eigenvalue weighted by atomic mass is 10.2. The molecule has 16 heavy (non-hydrogen) atoms. The van der Waals surface area contributed by atoms with Gasteiger partial charge in [-0.15, -0.1) is 0 Å². The Morgan fingerprint density at radius 2 is 2.25 bits per heavy atom. The zero-order chi connectivity index (χ0) is 12.0. The second kappa shape index (κ2) is 6.27. The molecule has 0 aromatic heterocycles. The zero-order valence-corrected chi connectivity index (χ0v) is 9.83. The first-order chi connectivity index (χ1) is 7.63. The van der Waals surface area contributed by atoms with Crippen molar-refractivity contribution < 1.29 is 18.8 Å². The van der Waals surface area contributed by atoms with Crippen LogP contribution in [-0.4, -0.2) is 33.4 Å². The number of aromatic carboxylic acids is 1. The molecule has 1 rings (SSSR count). The van der Waals surface area contributed by atoms with E-state index >= 15 is 0 Å². The van der Waals surface area contributed by atoms with Crippen LogP contribution in [0.15, 0.2) is 24.3 Å². The topological polar surface area (TPSA) is 63.6 Å². The lowest BCUT2D eigenvalue weighted by Gasteiger charge is -2.05. The molecule has 0 amide bonds. The number of rotatable bonds is 6. The molecule has 0 saturated carbocycles. The Morgan fingerprint density at radius 1 is 1.50 bits per heavy atom. The van der Waals surface area contributed by atoms with Crippen molar-refractivity contribution in [3.8, 4) is 5.75 Å². The van der Waals surface area contributed by atoms with E-state index in [4.69, 9.17) is 9.84 Å². The van der Waals surface area contributed by atoms with Crippen molar-refractivity contribution in [2.45, 2.75) is 6.92 Å². The molecule has 0 aliphatic rings. The van der Waals surface area contributed by atoms with Gasteiger partial charge in [-0.05, 0) is 18.2 Å². The molecule has 0 spiro atoms. The van der Waals surface area contributed by atoms with Crippen LogP contribution in [0.5, 0.6) is 5.75 Å². The normalized spacial score (nSPS) is 12.1. The van der Waals surface area contributed by atoms with E-state index in [9.17, 15) is 9.00 Å². The highest BCUT2D eigenvalue weighted by Gasteiger charge is 2.04. The van der Waals surface area contributed by atoms with E-state index in [0.717, 1.165) is 0 Å². The molecular weight excluding hydrogens is 228 g/mol. The average molecular weight is 242 g/mol. The van der Waals surface area contributed by atoms with Crippen molar-refractivity contribution in [2.75, 3.05) is 18.1 Å². The van der Waals surface area contributed by atoms with Crippen molar-refractivity contribution in [3.05, 3.63) is 29.8 Å². The van der Waals surface area contributed by atoms with E-state index < -0.39 is 16.8 Å². The minimum Gasteiger partial charge on any atom is -0.493 e. The van der Waals surface area contributed by atoms with Crippen LogP contribution in [0.4, 0.5) is 0 Å². The third-order valence-corrected chi connectivity index (χ3v) is 3.25. The first-order valence-electron chi connectivity index (χ1n) is 4.94. The van der Waals surface area contributed by atoms with Crippen molar-refractivity contribution in [1.29, 1.82) is 0 Å². The summed E-state index contributed by atoms with van der Waals surface area (Å²) in [4.78, 5) is 10.7. The minimum atomic E-state index is -0.984. The number of carboxylic acid groups (broad SMARTS) is 1. The molecule has 1 unspecified atom stereocenters. The van der Waals surface area contributed by atoms with Crippen molar-refractivity contribution in [2.24, 2.45) is 0 Å². The Kier molecular flexibility index (Phi) is 4.98. The fraction of sp³-hybridized carbons (Fsp3) is 0.364. The minimum absolute atomic E-state index is 0.189. The van der Waals surface area contributed by atoms with Crippen LogP contribution in [0.3, 0.4) is 0 Å². The summed E-state index contributed by atoms with van der Waals surface area (Å²) in [6.07, 6.45) is 0. The molecule has 0 radical (unpaired) electrons. The SMILES string of the molecule is CCS(=O)CCOc1cccc(C(=O)O)c1. The third kappa shape index (κ3) is 4.02. The molecule has 0 heterocycles. The van der Waals surface area contributed by atoms with Gasteiger partial charge in [0.05, 0.1) is 17.9 Å². The Labute approximate surface area is 96.7 Å². The van der Waals surface area contributed by atoms with E-state index in [2.05, 4.69) is 0 Å². The number of ether oxygens (including phenoxy) is 1. The van der Waals surface area contributed by atoms with E-state index in [1.54, 1.807) is 12.1 Å². The first kappa shape index (κ1) is 12.7. The molecule has 1 N–H and O–H groups in total. The summed E-state index contributed by atoms with van der Waals surface area (Å²) in [5.74, 6) is 0.586. The molecule has 1 aromatic carbocycles. The molecule has 0 bridgehead atoms. The number of hydrogen-bond donors (Lipinski definition) is 1. The predicted octanol–water partition coefficient (Wildman–Crippen LogP) is 1.53. The quantitative estimate of drug-likeness (QED) is 0.821. The Bertz CT molecular complexity index is 389. The van der Waals surface area contributed by atoms with Gasteiger partial charge in [0.25, 0.3) is 0 Å². The van der Waals surface area contributed by atoms with E-state index in [0.29, 0.717) is 23.9 Å². The van der Waals surface area contributed by atoms with Gasteiger partial charge in [-0.3, -0.25) is 4.21 Å². The smallest absolute Gasteiger partial charge is 0.335 e. The van der Waals surface area contributed by atoms with Crippen LogP contribution >= 0.6 is 0 Å². The van der Waals surface area contributed by atoms with Crippen molar-refractivity contribution >= 4 is 16.8 Å². The highest BCUT2D eigenvalue weighted by molar-refractivity contribution is 7.84. The monoisotopic (exact) mass is 242 g/mol. The Balaban J connectivity index is 2.51. The molecule has 0 fully saturated rings. The largest absolute Gasteiger partial charge is 0.493 e. The number of carbonyl (C=O) groups is 1. The fourth-order valence-electron chi connectivity index (χ4n) is 1.12. The summed E-state index contributed by atoms with van der Waals surface area (Å²) in [6, 6.07) is 6.26. The highest BCUT2D eigenvalue weighted by atomic mass is 32.2. The molecule has 5 heteroatoms. The van der Waals surface area contributed by atoms with Gasteiger partial charge in [-0.1, -0.05) is 13.0 Å². The third-order valence-electron chi connectivity index (χ3n) is 1.98. The van der Waals surface area contributed by atoms with Crippen LogP contribution in [0.2, 0.25) is 0 Å². The Hall–Kier alpha value is -1.36. The molecule has 0 saturated heterocycles. The summed E-state index contributed by atoms with van der Waals surface area (Å²) in [7, 11) is -0.856. The molecular formula is C11H14O4S. The molecule has 0 aliphatic heterocycles. The lowest BCUT2D eigenvalue weighted by Crippen LogP contribution is -2.10. The summed E-state index contributed by atoms with van der Waals surface area (Å²) in [6.45, 7) is 2.19. The van der Waals surface area contributed by atoms with Gasteiger partial charge in [-0.25, -0.2) is 4.79 Å². The van der Waals surface area contributed by atoms with Crippen molar-refractivity contribution in [3.63, 3.8) is 0 Å². The highest BCUT2D eigenvalue weighted by Crippen LogP contribution is 2.13. The van der Waals surface area contributed by atoms with E-state index in [1.807, 2.05) is 6.92 Å². The second-order valence-electron chi connectivity index (χ2n) is 3.11. The van der Waals surface area contributed by atoms with Crippen LogP contribution in [0.25, 0.3) is 0 Å². The number of hydrogen-bond acceptors (Lipinski definition) is 3. The summed E-state index contributed by atoms with van der Waals surface area (Å²) < 4.78 is 16.4. The van der Waals surface area contributed by atoms with E-state index in [1.165, 1.54) is 12.1 Å². The van der Waals surface area contributed by atoms with Gasteiger partial charge in [0.1, 0.15) is 5.75 Å². The standard InChI is InChI=1S/C11H14O4S/c1-2-16(14)7-6-15-10-5-3-4-9(8-10)11(12)13/h3-5,8H,2,6-7H2,1H3,(H,12,13). The number of benzene rings is 1. The molecule has 1 aromatic rings. The first-order valence-corrected chi connectivity index (χ1v) is 6.43. The summed E-state index contributed by atoms with van der Waals surface area (Å²) in [5, 5.41) is 8.76. The maximum atomic E-state index is 11.1. The summed E-state index contributed by atoms with van der Waals surface area (Å²) >= 11 is 0. The van der Waals surface area contributed by atoms with Gasteiger partial charge < -0.3 is 9.84 Å². The molecule has 88 valence electrons. The van der Waals surface area contributed by atoms with Gasteiger partial charge in [-0.2, -0.15) is 0 Å². The van der Waals surface area contributed by atoms with Gasteiger partial charge in [0.2, 0.25) is 0 Å². The second-order valence-corrected chi connectivity index (χ2v) is 4.98. The van der Waals surface area contributed by atoms with E-state index in [-0.39, 0.29) is 5.56 Å². The lowest BCUT2D eigenvalue weighted by molar-refractivity contribution is 0.0696.